The molecule has 1 atom stereocenters. The highest BCUT2D eigenvalue weighted by atomic mass is 32.2. The predicted octanol–water partition coefficient (Wildman–Crippen LogP) is 5.30. The van der Waals surface area contributed by atoms with E-state index >= 15 is 0 Å². The van der Waals surface area contributed by atoms with Gasteiger partial charge in [-0.05, 0) is 17.7 Å². The van der Waals surface area contributed by atoms with Crippen molar-refractivity contribution in [1.29, 1.82) is 0 Å². The summed E-state index contributed by atoms with van der Waals surface area (Å²) >= 11 is 1.52. The first-order valence-electron chi connectivity index (χ1n) is 8.65. The summed E-state index contributed by atoms with van der Waals surface area (Å²) in [5, 5.41) is -0.254. The highest BCUT2D eigenvalue weighted by Gasteiger charge is 2.39. The van der Waals surface area contributed by atoms with Crippen LogP contribution < -0.4 is 0 Å². The molecule has 2 aliphatic rings. The number of hydrogen-bond donors (Lipinski definition) is 0. The Hall–Kier alpha value is -3.11. The molecule has 0 saturated carbocycles. The zero-order valence-corrected chi connectivity index (χ0v) is 15.0. The number of Topliss-reactive ketones (excluding diaryl/α,β-unsaturated/α-hetero) is 1. The third-order valence-corrected chi connectivity index (χ3v) is 6.17. The lowest BCUT2D eigenvalue weighted by Gasteiger charge is -2.23. The van der Waals surface area contributed by atoms with Gasteiger partial charge in [-0.2, -0.15) is 0 Å². The molecule has 130 valence electrons. The van der Waals surface area contributed by atoms with Gasteiger partial charge in [0.2, 0.25) is 0 Å². The van der Waals surface area contributed by atoms with E-state index in [1.54, 1.807) is 12.1 Å². The Bertz CT molecular complexity index is 1120. The molecule has 1 heterocycles. The quantitative estimate of drug-likeness (QED) is 0.545. The van der Waals surface area contributed by atoms with E-state index in [-0.39, 0.29) is 11.0 Å². The maximum atomic E-state index is 13.2. The van der Waals surface area contributed by atoms with Crippen LogP contribution in [0.3, 0.4) is 0 Å². The molecule has 1 aliphatic heterocycles. The Morgan fingerprint density at radius 2 is 1.33 bits per heavy atom. The van der Waals surface area contributed by atoms with E-state index in [1.165, 1.54) is 11.8 Å². The summed E-state index contributed by atoms with van der Waals surface area (Å²) in [4.78, 5) is 26.8. The highest BCUT2D eigenvalue weighted by molar-refractivity contribution is 7.99. The summed E-state index contributed by atoms with van der Waals surface area (Å²) in [7, 11) is 0. The normalized spacial score (nSPS) is 18.1. The molecule has 0 amide bonds. The van der Waals surface area contributed by atoms with E-state index in [0.717, 1.165) is 10.5 Å². The summed E-state index contributed by atoms with van der Waals surface area (Å²) in [5.74, 6) is -0.118. The molecule has 3 nitrogen and oxygen atoms in total. The second-order valence-corrected chi connectivity index (χ2v) is 7.56. The van der Waals surface area contributed by atoms with Gasteiger partial charge in [0.1, 0.15) is 5.76 Å². The van der Waals surface area contributed by atoms with Crippen LogP contribution in [0.25, 0.3) is 5.76 Å². The molecule has 0 radical (unpaired) electrons. The van der Waals surface area contributed by atoms with Gasteiger partial charge in [-0.25, -0.2) is 4.79 Å². The van der Waals surface area contributed by atoms with Crippen LogP contribution in [0.5, 0.6) is 0 Å². The summed E-state index contributed by atoms with van der Waals surface area (Å²) in [5.41, 5.74) is 3.33. The second-order valence-electron chi connectivity index (χ2n) is 6.41. The summed E-state index contributed by atoms with van der Waals surface area (Å²) in [6.07, 6.45) is 0. The van der Waals surface area contributed by atoms with Crippen molar-refractivity contribution in [3.63, 3.8) is 0 Å². The smallest absolute Gasteiger partial charge is 0.344 e. The fourth-order valence-electron chi connectivity index (χ4n) is 3.55. The lowest BCUT2D eigenvalue weighted by atomic mass is 10.0. The Labute approximate surface area is 160 Å². The Morgan fingerprint density at radius 3 is 2.11 bits per heavy atom. The number of fused-ring (bicyclic) bond motifs is 3. The zero-order chi connectivity index (χ0) is 18.4. The monoisotopic (exact) mass is 370 g/mol. The van der Waals surface area contributed by atoms with Gasteiger partial charge < -0.3 is 4.74 Å². The Balaban J connectivity index is 1.76. The van der Waals surface area contributed by atoms with Crippen LogP contribution in [0, 0.1) is 0 Å². The number of carbonyl (C=O) groups is 2. The number of esters is 1. The van der Waals surface area contributed by atoms with Gasteiger partial charge in [0.25, 0.3) is 0 Å². The number of rotatable bonds is 1. The van der Waals surface area contributed by atoms with E-state index < -0.39 is 5.97 Å². The van der Waals surface area contributed by atoms with Gasteiger partial charge >= 0.3 is 5.97 Å². The van der Waals surface area contributed by atoms with E-state index in [0.29, 0.717) is 28.0 Å². The highest BCUT2D eigenvalue weighted by Crippen LogP contribution is 2.50. The molecule has 4 heteroatoms. The third-order valence-electron chi connectivity index (χ3n) is 4.82. The first-order valence-corrected chi connectivity index (χ1v) is 9.53. The number of thioether (sulfide) groups is 1. The standard InChI is InChI=1S/C23H14O3S/c24-20-15-10-4-5-11-16(15)21-19(20)22(14-8-2-1-3-9-14)27-18-13-7-6-12-17(18)23(25)26-21/h1-13,22H/t22-/m0/s1. The average molecular weight is 370 g/mol. The SMILES string of the molecule is O=C1OC2=C(C(=O)c3ccccc32)[C@H](c2ccccc2)Sc2ccccc21. The molecule has 0 saturated heterocycles. The largest absolute Gasteiger partial charge is 0.422 e. The van der Waals surface area contributed by atoms with E-state index in [4.69, 9.17) is 4.74 Å². The van der Waals surface area contributed by atoms with Crippen LogP contribution in [0.4, 0.5) is 0 Å². The fraction of sp³-hybridized carbons (Fsp3) is 0.0435. The first kappa shape index (κ1) is 16.1. The summed E-state index contributed by atoms with van der Waals surface area (Å²) in [6, 6.07) is 24.6. The van der Waals surface area contributed by atoms with Crippen LogP contribution in [0.2, 0.25) is 0 Å². The molecule has 0 bridgehead atoms. The van der Waals surface area contributed by atoms with Crippen molar-refractivity contribution in [3.05, 3.63) is 107 Å². The van der Waals surface area contributed by atoms with Gasteiger partial charge in [0.15, 0.2) is 5.78 Å². The van der Waals surface area contributed by atoms with E-state index in [1.807, 2.05) is 66.7 Å². The van der Waals surface area contributed by atoms with Crippen LogP contribution >= 0.6 is 11.8 Å². The van der Waals surface area contributed by atoms with Crippen LogP contribution in [-0.2, 0) is 4.74 Å². The van der Waals surface area contributed by atoms with Crippen molar-refractivity contribution in [2.75, 3.05) is 0 Å². The molecular weight excluding hydrogens is 356 g/mol. The van der Waals surface area contributed by atoms with Crippen molar-refractivity contribution in [2.24, 2.45) is 0 Å². The van der Waals surface area contributed by atoms with Crippen molar-refractivity contribution in [2.45, 2.75) is 10.1 Å². The Kier molecular flexibility index (Phi) is 3.73. The van der Waals surface area contributed by atoms with Gasteiger partial charge in [-0.15, -0.1) is 11.8 Å². The minimum absolute atomic E-state index is 0.0749. The molecule has 1 aliphatic carbocycles. The molecule has 5 rings (SSSR count). The lowest BCUT2D eigenvalue weighted by Crippen LogP contribution is -2.14. The van der Waals surface area contributed by atoms with Gasteiger partial charge in [0.05, 0.1) is 16.4 Å². The van der Waals surface area contributed by atoms with Gasteiger partial charge in [-0.1, -0.05) is 66.7 Å². The number of benzene rings is 3. The third kappa shape index (κ3) is 2.53. The molecule has 0 fully saturated rings. The molecule has 0 unspecified atom stereocenters. The minimum atomic E-state index is -0.429. The van der Waals surface area contributed by atoms with Crippen molar-refractivity contribution in [3.8, 4) is 0 Å². The van der Waals surface area contributed by atoms with Crippen LogP contribution in [-0.4, -0.2) is 11.8 Å². The number of ether oxygens (including phenoxy) is 1. The van der Waals surface area contributed by atoms with E-state index in [2.05, 4.69) is 0 Å². The molecule has 0 aromatic heterocycles. The topological polar surface area (TPSA) is 43.4 Å². The Morgan fingerprint density at radius 1 is 0.704 bits per heavy atom. The van der Waals surface area contributed by atoms with Crippen LogP contribution in [0.15, 0.2) is 89.3 Å². The van der Waals surface area contributed by atoms with Crippen molar-refractivity contribution in [1.82, 2.24) is 0 Å². The van der Waals surface area contributed by atoms with Gasteiger partial charge in [0, 0.05) is 16.0 Å². The summed E-state index contributed by atoms with van der Waals surface area (Å²) < 4.78 is 5.80. The molecular formula is C23H14O3S. The predicted molar refractivity (Wildman–Crippen MR) is 105 cm³/mol. The minimum Gasteiger partial charge on any atom is -0.422 e. The van der Waals surface area contributed by atoms with Crippen molar-refractivity contribution >= 4 is 29.3 Å². The fourth-order valence-corrected chi connectivity index (χ4v) is 4.87. The zero-order valence-electron chi connectivity index (χ0n) is 14.2. The number of ketones is 1. The molecule has 0 spiro atoms. The maximum Gasteiger partial charge on any atom is 0.344 e. The van der Waals surface area contributed by atoms with Gasteiger partial charge in [-0.3, -0.25) is 4.79 Å². The lowest BCUT2D eigenvalue weighted by molar-refractivity contribution is 0.0686. The maximum absolute atomic E-state index is 13.2. The molecule has 27 heavy (non-hydrogen) atoms. The second kappa shape index (κ2) is 6.25. The van der Waals surface area contributed by atoms with E-state index in [9.17, 15) is 9.59 Å². The number of carbonyl (C=O) groups excluding carboxylic acids is 2. The summed E-state index contributed by atoms with van der Waals surface area (Å²) in [6.45, 7) is 0. The molecule has 3 aromatic rings. The molecule has 0 N–H and O–H groups in total. The van der Waals surface area contributed by atoms with Crippen LogP contribution in [0.1, 0.15) is 37.1 Å². The van der Waals surface area contributed by atoms with Crippen molar-refractivity contribution < 1.29 is 14.3 Å². The first-order chi connectivity index (χ1) is 13.2. The molecule has 3 aromatic carbocycles. The number of hydrogen-bond acceptors (Lipinski definition) is 4. The average Bonchev–Trinajstić information content (AvgIpc) is 2.97.